The van der Waals surface area contributed by atoms with Crippen LogP contribution >= 0.6 is 31.9 Å². The summed E-state index contributed by atoms with van der Waals surface area (Å²) < 4.78 is 0.791. The van der Waals surface area contributed by atoms with Crippen molar-refractivity contribution in [3.63, 3.8) is 0 Å². The Bertz CT molecular complexity index is 674. The quantitative estimate of drug-likeness (QED) is 0.482. The lowest BCUT2D eigenvalue weighted by molar-refractivity contribution is -0.385. The van der Waals surface area contributed by atoms with Gasteiger partial charge in [0.05, 0.1) is 22.4 Å². The van der Waals surface area contributed by atoms with Crippen molar-refractivity contribution in [2.45, 2.75) is 0 Å². The summed E-state index contributed by atoms with van der Waals surface area (Å²) in [6.45, 7) is 0. The van der Waals surface area contributed by atoms with Crippen LogP contribution < -0.4 is 5.32 Å². The molecule has 0 aliphatic carbocycles. The fourth-order valence-corrected chi connectivity index (χ4v) is 2.31. The molecule has 0 saturated carbocycles. The number of pyridine rings is 1. The minimum absolute atomic E-state index is 0.146. The minimum atomic E-state index is -0.554. The second-order valence-corrected chi connectivity index (χ2v) is 5.32. The molecule has 102 valence electrons. The van der Waals surface area contributed by atoms with Crippen LogP contribution in [-0.4, -0.2) is 15.8 Å². The maximum absolute atomic E-state index is 12.1. The number of anilines is 1. The molecule has 0 atom stereocenters. The van der Waals surface area contributed by atoms with Gasteiger partial charge >= 0.3 is 0 Å². The van der Waals surface area contributed by atoms with E-state index in [1.54, 1.807) is 12.1 Å². The smallest absolute Gasteiger partial charge is 0.284 e. The Balaban J connectivity index is 2.28. The van der Waals surface area contributed by atoms with Crippen LogP contribution in [0.2, 0.25) is 0 Å². The van der Waals surface area contributed by atoms with Crippen molar-refractivity contribution in [3.8, 4) is 0 Å². The molecular weight excluding hydrogens is 394 g/mol. The Morgan fingerprint density at radius 1 is 1.25 bits per heavy atom. The highest BCUT2D eigenvalue weighted by atomic mass is 79.9. The zero-order valence-corrected chi connectivity index (χ0v) is 13.0. The Kier molecular flexibility index (Phi) is 4.46. The van der Waals surface area contributed by atoms with E-state index in [9.17, 15) is 14.9 Å². The van der Waals surface area contributed by atoms with E-state index in [4.69, 9.17) is 0 Å². The molecule has 0 bridgehead atoms. The van der Waals surface area contributed by atoms with Gasteiger partial charge in [0, 0.05) is 6.07 Å². The fraction of sp³-hybridized carbons (Fsp3) is 0. The number of halogens is 2. The summed E-state index contributed by atoms with van der Waals surface area (Å²) in [6, 6.07) is 7.62. The zero-order valence-electron chi connectivity index (χ0n) is 9.84. The van der Waals surface area contributed by atoms with E-state index in [2.05, 4.69) is 42.2 Å². The second kappa shape index (κ2) is 6.10. The Morgan fingerprint density at radius 3 is 2.60 bits per heavy atom. The Morgan fingerprint density at radius 2 is 2.00 bits per heavy atom. The number of nitrogens with one attached hydrogen (secondary N) is 1. The van der Waals surface area contributed by atoms with Gasteiger partial charge in [-0.25, -0.2) is 4.98 Å². The first-order valence-corrected chi connectivity index (χ1v) is 6.93. The monoisotopic (exact) mass is 399 g/mol. The summed E-state index contributed by atoms with van der Waals surface area (Å²) in [7, 11) is 0. The number of carbonyl (C=O) groups excluding carboxylic acids is 1. The molecule has 2 rings (SSSR count). The van der Waals surface area contributed by atoms with Gasteiger partial charge in [0.1, 0.15) is 9.08 Å². The molecule has 1 heterocycles. The van der Waals surface area contributed by atoms with Gasteiger partial charge in [0.2, 0.25) is 0 Å². The first kappa shape index (κ1) is 14.6. The molecule has 1 aromatic carbocycles. The van der Waals surface area contributed by atoms with Crippen LogP contribution in [0.5, 0.6) is 0 Å². The van der Waals surface area contributed by atoms with Crippen molar-refractivity contribution in [2.24, 2.45) is 0 Å². The molecule has 0 saturated heterocycles. The van der Waals surface area contributed by atoms with E-state index in [-0.39, 0.29) is 15.7 Å². The highest BCUT2D eigenvalue weighted by molar-refractivity contribution is 9.10. The van der Waals surface area contributed by atoms with Gasteiger partial charge in [0.25, 0.3) is 11.6 Å². The lowest BCUT2D eigenvalue weighted by Crippen LogP contribution is -2.13. The highest BCUT2D eigenvalue weighted by Gasteiger charge is 2.19. The maximum Gasteiger partial charge on any atom is 0.284 e. The zero-order chi connectivity index (χ0) is 14.7. The number of benzene rings is 1. The molecule has 2 aromatic rings. The van der Waals surface area contributed by atoms with Gasteiger partial charge in [-0.3, -0.25) is 14.9 Å². The normalized spacial score (nSPS) is 10.1. The van der Waals surface area contributed by atoms with Crippen LogP contribution in [0.1, 0.15) is 10.4 Å². The lowest BCUT2D eigenvalue weighted by Gasteiger charge is -2.06. The molecule has 0 fully saturated rings. The van der Waals surface area contributed by atoms with Crippen molar-refractivity contribution in [3.05, 3.63) is 61.3 Å². The summed E-state index contributed by atoms with van der Waals surface area (Å²) in [6.07, 6.45) is 1.48. The molecule has 0 aliphatic rings. The number of nitro groups is 1. The molecule has 1 aromatic heterocycles. The van der Waals surface area contributed by atoms with E-state index in [1.165, 1.54) is 24.4 Å². The average Bonchev–Trinajstić information content (AvgIpc) is 2.41. The van der Waals surface area contributed by atoms with Crippen LogP contribution in [0.3, 0.4) is 0 Å². The van der Waals surface area contributed by atoms with Crippen LogP contribution in [0.4, 0.5) is 11.4 Å². The summed E-state index contributed by atoms with van der Waals surface area (Å²) in [5, 5.41) is 13.4. The van der Waals surface area contributed by atoms with E-state index in [1.807, 2.05) is 0 Å². The van der Waals surface area contributed by atoms with Crippen LogP contribution in [0.15, 0.2) is 45.6 Å². The summed E-state index contributed by atoms with van der Waals surface area (Å²) >= 11 is 6.27. The van der Waals surface area contributed by atoms with E-state index < -0.39 is 10.8 Å². The predicted molar refractivity (Wildman–Crippen MR) is 80.7 cm³/mol. The third-order valence-electron chi connectivity index (χ3n) is 2.40. The van der Waals surface area contributed by atoms with Crippen LogP contribution in [0.25, 0.3) is 0 Å². The first-order chi connectivity index (χ1) is 9.49. The van der Waals surface area contributed by atoms with Crippen LogP contribution in [0, 0.1) is 10.1 Å². The molecule has 1 N–H and O–H groups in total. The summed E-state index contributed by atoms with van der Waals surface area (Å²) in [4.78, 5) is 26.3. The van der Waals surface area contributed by atoms with Gasteiger partial charge < -0.3 is 5.32 Å². The number of carbonyl (C=O) groups is 1. The van der Waals surface area contributed by atoms with Gasteiger partial charge in [0.15, 0.2) is 0 Å². The Labute approximate surface area is 130 Å². The number of aromatic nitrogens is 1. The average molecular weight is 401 g/mol. The minimum Gasteiger partial charge on any atom is -0.321 e. The molecule has 6 nitrogen and oxygen atoms in total. The van der Waals surface area contributed by atoms with Crippen molar-refractivity contribution >= 4 is 49.1 Å². The molecule has 0 unspecified atom stereocenters. The topological polar surface area (TPSA) is 85.1 Å². The van der Waals surface area contributed by atoms with Crippen molar-refractivity contribution in [1.29, 1.82) is 0 Å². The summed E-state index contributed by atoms with van der Waals surface area (Å²) in [5.41, 5.74) is 0.519. The van der Waals surface area contributed by atoms with Crippen molar-refractivity contribution in [1.82, 2.24) is 4.98 Å². The van der Waals surface area contributed by atoms with Crippen molar-refractivity contribution < 1.29 is 9.72 Å². The predicted octanol–water partition coefficient (Wildman–Crippen LogP) is 3.77. The van der Waals surface area contributed by atoms with E-state index in [0.29, 0.717) is 10.3 Å². The van der Waals surface area contributed by atoms with Gasteiger partial charge in [-0.05, 0) is 50.1 Å². The largest absolute Gasteiger partial charge is 0.321 e. The van der Waals surface area contributed by atoms with Gasteiger partial charge in [-0.15, -0.1) is 0 Å². The third kappa shape index (κ3) is 3.20. The molecule has 0 spiro atoms. The fourth-order valence-electron chi connectivity index (χ4n) is 1.48. The Hall–Kier alpha value is -1.80. The van der Waals surface area contributed by atoms with E-state index in [0.717, 1.165) is 0 Å². The van der Waals surface area contributed by atoms with Gasteiger partial charge in [-0.1, -0.05) is 6.07 Å². The summed E-state index contributed by atoms with van der Waals surface area (Å²) in [5.74, 6) is -0.454. The first-order valence-electron chi connectivity index (χ1n) is 5.35. The van der Waals surface area contributed by atoms with Gasteiger partial charge in [-0.2, -0.15) is 0 Å². The number of rotatable bonds is 3. The molecule has 20 heavy (non-hydrogen) atoms. The highest BCUT2D eigenvalue weighted by Crippen LogP contribution is 2.28. The van der Waals surface area contributed by atoms with E-state index >= 15 is 0 Å². The number of hydrogen-bond donors (Lipinski definition) is 1. The maximum atomic E-state index is 12.1. The standard InChI is InChI=1S/C12H7Br2N3O3/c13-10-5-4-7(6-15-10)16-12(18)8-2-1-3-9(11(8)14)17(19)20/h1-6H,(H,16,18). The molecular formula is C12H7Br2N3O3. The number of amides is 1. The number of nitrogens with zero attached hydrogens (tertiary/aromatic N) is 2. The number of hydrogen-bond acceptors (Lipinski definition) is 4. The number of nitro benzene ring substituents is 1. The molecule has 0 aliphatic heterocycles. The van der Waals surface area contributed by atoms with Crippen molar-refractivity contribution in [2.75, 3.05) is 5.32 Å². The molecule has 8 heteroatoms. The molecule has 0 radical (unpaired) electrons. The SMILES string of the molecule is O=C(Nc1ccc(Br)nc1)c1cccc([N+](=O)[O-])c1Br. The second-order valence-electron chi connectivity index (χ2n) is 3.72. The third-order valence-corrected chi connectivity index (χ3v) is 3.71. The lowest BCUT2D eigenvalue weighted by atomic mass is 10.2. The van der Waals surface area contributed by atoms with Crippen LogP contribution in [-0.2, 0) is 0 Å². The molecule has 1 amide bonds.